The summed E-state index contributed by atoms with van der Waals surface area (Å²) < 4.78 is 49.5. The van der Waals surface area contributed by atoms with Gasteiger partial charge in [0.1, 0.15) is 17.4 Å². The van der Waals surface area contributed by atoms with Gasteiger partial charge in [0.05, 0.1) is 12.3 Å². The monoisotopic (exact) mass is 461 g/mol. The molecule has 3 aromatic rings. The topological polar surface area (TPSA) is 88.9 Å². The molecule has 0 aliphatic carbocycles. The minimum atomic E-state index is -4.60. The molecule has 11 heteroatoms. The molecule has 0 amide bonds. The van der Waals surface area contributed by atoms with E-state index in [1.807, 2.05) is 0 Å². The highest BCUT2D eigenvalue weighted by atomic mass is 19.4. The van der Waals surface area contributed by atoms with Gasteiger partial charge in [-0.1, -0.05) is 0 Å². The van der Waals surface area contributed by atoms with E-state index in [2.05, 4.69) is 37.8 Å². The van der Waals surface area contributed by atoms with Crippen LogP contribution in [-0.4, -0.2) is 57.8 Å². The Morgan fingerprint density at radius 2 is 2.12 bits per heavy atom. The zero-order chi connectivity index (χ0) is 23.0. The number of hydrogen-bond donors (Lipinski definition) is 3. The van der Waals surface area contributed by atoms with Crippen molar-refractivity contribution >= 4 is 17.0 Å². The number of nitrogens with zero attached hydrogens (tertiary/aromatic N) is 4. The molecule has 3 aromatic heterocycles. The summed E-state index contributed by atoms with van der Waals surface area (Å²) >= 11 is 0. The van der Waals surface area contributed by atoms with Crippen LogP contribution in [0.1, 0.15) is 31.6 Å². The maximum atomic E-state index is 14.0. The van der Waals surface area contributed by atoms with E-state index in [0.717, 1.165) is 32.1 Å². The van der Waals surface area contributed by atoms with E-state index in [9.17, 15) is 13.2 Å². The van der Waals surface area contributed by atoms with Crippen LogP contribution in [0.25, 0.3) is 22.3 Å². The Balaban J connectivity index is 1.59. The number of hydrogen-bond acceptors (Lipinski definition) is 7. The first-order chi connectivity index (χ1) is 15.9. The Hall–Kier alpha value is -2.76. The van der Waals surface area contributed by atoms with Gasteiger partial charge in [0, 0.05) is 54.7 Å². The van der Waals surface area contributed by atoms with Gasteiger partial charge in [0.15, 0.2) is 0 Å². The van der Waals surface area contributed by atoms with E-state index in [-0.39, 0.29) is 23.9 Å². The van der Waals surface area contributed by atoms with Crippen LogP contribution in [0, 0.1) is 0 Å². The highest BCUT2D eigenvalue weighted by Gasteiger charge is 2.37. The van der Waals surface area contributed by atoms with Crippen LogP contribution in [0.5, 0.6) is 0 Å². The number of anilines is 1. The Labute approximate surface area is 189 Å². The molecule has 1 unspecified atom stereocenters. The summed E-state index contributed by atoms with van der Waals surface area (Å²) in [6.45, 7) is 4.69. The fraction of sp³-hybridized carbons (Fsp3) is 0.500. The fourth-order valence-electron chi connectivity index (χ4n) is 4.53. The maximum Gasteiger partial charge on any atom is 0.419 e. The summed E-state index contributed by atoms with van der Waals surface area (Å²) in [5.74, 6) is 0.192. The van der Waals surface area contributed by atoms with E-state index in [0.29, 0.717) is 35.8 Å². The van der Waals surface area contributed by atoms with Crippen molar-refractivity contribution < 1.29 is 17.9 Å². The molecular weight excluding hydrogens is 435 g/mol. The Morgan fingerprint density at radius 3 is 2.88 bits per heavy atom. The first-order valence-electron chi connectivity index (χ1n) is 11.1. The van der Waals surface area contributed by atoms with Gasteiger partial charge in [-0.05, 0) is 38.4 Å². The zero-order valence-corrected chi connectivity index (χ0v) is 18.2. The average molecular weight is 461 g/mol. The van der Waals surface area contributed by atoms with Crippen molar-refractivity contribution in [2.75, 3.05) is 31.6 Å². The van der Waals surface area contributed by atoms with E-state index in [4.69, 9.17) is 4.74 Å². The third kappa shape index (κ3) is 4.53. The normalized spacial score (nSPS) is 24.2. The van der Waals surface area contributed by atoms with Crippen LogP contribution in [0.2, 0.25) is 0 Å². The molecule has 33 heavy (non-hydrogen) atoms. The number of rotatable bonds is 4. The average Bonchev–Trinajstić information content (AvgIpc) is 3.19. The van der Waals surface area contributed by atoms with Crippen molar-refractivity contribution in [2.24, 2.45) is 0 Å². The Bertz CT molecular complexity index is 1130. The standard InChI is InChI=1S/C22H26F3N7O/c1-13-9-14(4-6-27-13)30-21-29-10-17(22(23,24)25)19(31-21)16-12-32(18-11-26-7-8-33-18)20-15(16)3-2-5-28-20/h2-3,5,10,12-14,18,26-27H,4,6-9,11H2,1H3,(H,29,30,31)/t13-,14+,18?/m0/s1. The van der Waals surface area contributed by atoms with Crippen molar-refractivity contribution in [1.29, 1.82) is 0 Å². The fourth-order valence-corrected chi connectivity index (χ4v) is 4.53. The van der Waals surface area contributed by atoms with Crippen LogP contribution in [0.4, 0.5) is 19.1 Å². The summed E-state index contributed by atoms with van der Waals surface area (Å²) in [4.78, 5) is 12.8. The largest absolute Gasteiger partial charge is 0.419 e. The first kappa shape index (κ1) is 22.1. The van der Waals surface area contributed by atoms with Gasteiger partial charge in [0.2, 0.25) is 5.95 Å². The molecule has 5 rings (SSSR count). The quantitative estimate of drug-likeness (QED) is 0.550. The second-order valence-electron chi connectivity index (χ2n) is 8.53. The minimum absolute atomic E-state index is 0.0931. The third-order valence-corrected chi connectivity index (χ3v) is 6.11. The van der Waals surface area contributed by atoms with E-state index >= 15 is 0 Å². The molecular formula is C22H26F3N7O. The van der Waals surface area contributed by atoms with Crippen LogP contribution >= 0.6 is 0 Å². The SMILES string of the molecule is C[C@H]1C[C@H](Nc2ncc(C(F)(F)F)c(-c3cn(C4CNCCO4)c4ncccc34)n2)CCN1. The van der Waals surface area contributed by atoms with Crippen molar-refractivity contribution in [1.82, 2.24) is 30.2 Å². The van der Waals surface area contributed by atoms with Crippen molar-refractivity contribution in [3.63, 3.8) is 0 Å². The molecule has 176 valence electrons. The molecule has 3 atom stereocenters. The molecule has 0 spiro atoms. The minimum Gasteiger partial charge on any atom is -0.355 e. The van der Waals surface area contributed by atoms with Crippen molar-refractivity contribution in [3.05, 3.63) is 36.3 Å². The van der Waals surface area contributed by atoms with Gasteiger partial charge in [-0.2, -0.15) is 13.2 Å². The molecule has 2 fully saturated rings. The lowest BCUT2D eigenvalue weighted by atomic mass is 10.0. The molecule has 5 heterocycles. The van der Waals surface area contributed by atoms with Gasteiger partial charge < -0.3 is 25.3 Å². The molecule has 2 aliphatic heterocycles. The van der Waals surface area contributed by atoms with E-state index < -0.39 is 11.7 Å². The van der Waals surface area contributed by atoms with Gasteiger partial charge in [0.25, 0.3) is 0 Å². The molecule has 8 nitrogen and oxygen atoms in total. The molecule has 2 saturated heterocycles. The third-order valence-electron chi connectivity index (χ3n) is 6.11. The lowest BCUT2D eigenvalue weighted by Crippen LogP contribution is -2.41. The number of pyridine rings is 1. The Morgan fingerprint density at radius 1 is 1.24 bits per heavy atom. The molecule has 0 bridgehead atoms. The van der Waals surface area contributed by atoms with Crippen LogP contribution < -0.4 is 16.0 Å². The number of ether oxygens (including phenoxy) is 1. The number of piperidine rings is 1. The molecule has 0 aromatic carbocycles. The summed E-state index contributed by atoms with van der Waals surface area (Å²) in [6, 6.07) is 3.88. The van der Waals surface area contributed by atoms with Crippen LogP contribution in [0.3, 0.4) is 0 Å². The molecule has 0 radical (unpaired) electrons. The Kier molecular flexibility index (Phi) is 5.94. The maximum absolute atomic E-state index is 14.0. The van der Waals surface area contributed by atoms with Crippen molar-refractivity contribution in [3.8, 4) is 11.3 Å². The van der Waals surface area contributed by atoms with E-state index in [1.165, 1.54) is 0 Å². The summed E-state index contributed by atoms with van der Waals surface area (Å²) in [7, 11) is 0. The molecule has 3 N–H and O–H groups in total. The number of fused-ring (bicyclic) bond motifs is 1. The highest BCUT2D eigenvalue weighted by Crippen LogP contribution is 2.40. The van der Waals surface area contributed by atoms with Gasteiger partial charge in [-0.15, -0.1) is 0 Å². The summed E-state index contributed by atoms with van der Waals surface area (Å²) in [5, 5.41) is 10.4. The van der Waals surface area contributed by atoms with Crippen LogP contribution in [0.15, 0.2) is 30.7 Å². The number of morpholine rings is 1. The van der Waals surface area contributed by atoms with Gasteiger partial charge >= 0.3 is 6.18 Å². The predicted molar refractivity (Wildman–Crippen MR) is 118 cm³/mol. The van der Waals surface area contributed by atoms with E-state index in [1.54, 1.807) is 29.1 Å². The molecule has 0 saturated carbocycles. The number of halogens is 3. The number of alkyl halides is 3. The highest BCUT2D eigenvalue weighted by molar-refractivity contribution is 5.94. The van der Waals surface area contributed by atoms with Gasteiger partial charge in [-0.25, -0.2) is 15.0 Å². The lowest BCUT2D eigenvalue weighted by molar-refractivity contribution is -0.137. The smallest absolute Gasteiger partial charge is 0.355 e. The zero-order valence-electron chi connectivity index (χ0n) is 18.2. The van der Waals surface area contributed by atoms with Crippen LogP contribution in [-0.2, 0) is 10.9 Å². The lowest BCUT2D eigenvalue weighted by Gasteiger charge is -2.28. The first-order valence-corrected chi connectivity index (χ1v) is 11.1. The van der Waals surface area contributed by atoms with Gasteiger partial charge in [-0.3, -0.25) is 0 Å². The number of aromatic nitrogens is 4. The predicted octanol–water partition coefficient (Wildman–Crippen LogP) is 3.18. The summed E-state index contributed by atoms with van der Waals surface area (Å²) in [6.07, 6.45) is 0.867. The second kappa shape index (κ2) is 8.88. The van der Waals surface area contributed by atoms with Crippen molar-refractivity contribution in [2.45, 2.75) is 44.3 Å². The molecule has 2 aliphatic rings. The summed E-state index contributed by atoms with van der Waals surface area (Å²) in [5.41, 5.74) is -0.141. The number of nitrogens with one attached hydrogen (secondary N) is 3. The second-order valence-corrected chi connectivity index (χ2v) is 8.53.